The van der Waals surface area contributed by atoms with E-state index < -0.39 is 0 Å². The Labute approximate surface area is 126 Å². The molecule has 21 heavy (non-hydrogen) atoms. The Morgan fingerprint density at radius 2 is 2.05 bits per heavy atom. The van der Waals surface area contributed by atoms with Crippen LogP contribution in [0, 0.1) is 0 Å². The van der Waals surface area contributed by atoms with Gasteiger partial charge in [0.2, 0.25) is 0 Å². The maximum absolute atomic E-state index is 12.3. The number of aryl methyl sites for hydroxylation is 1. The number of thiophene rings is 1. The lowest BCUT2D eigenvalue weighted by Crippen LogP contribution is -2.11. The third-order valence-corrected chi connectivity index (χ3v) is 4.24. The fourth-order valence-electron chi connectivity index (χ4n) is 2.15. The van der Waals surface area contributed by atoms with Gasteiger partial charge in [-0.25, -0.2) is 0 Å². The molecule has 1 amide bonds. The number of H-pyrrole nitrogens is 1. The quantitative estimate of drug-likeness (QED) is 0.766. The normalized spacial score (nSPS) is 10.5. The molecule has 0 unspecified atom stereocenters. The summed E-state index contributed by atoms with van der Waals surface area (Å²) in [7, 11) is 0. The van der Waals surface area contributed by atoms with Crippen molar-refractivity contribution in [2.75, 3.05) is 5.32 Å². The van der Waals surface area contributed by atoms with Crippen LogP contribution in [-0.4, -0.2) is 16.1 Å². The van der Waals surface area contributed by atoms with Gasteiger partial charge in [0.05, 0.1) is 10.6 Å². The Morgan fingerprint density at radius 3 is 2.71 bits per heavy atom. The van der Waals surface area contributed by atoms with Crippen LogP contribution >= 0.6 is 11.3 Å². The number of nitrogens with zero attached hydrogens (tertiary/aromatic N) is 1. The first-order valence-electron chi connectivity index (χ1n) is 6.75. The Kier molecular flexibility index (Phi) is 3.83. The van der Waals surface area contributed by atoms with E-state index in [1.165, 1.54) is 11.3 Å². The lowest BCUT2D eigenvalue weighted by Gasteiger charge is -2.06. The Hall–Kier alpha value is -2.40. The van der Waals surface area contributed by atoms with E-state index in [0.717, 1.165) is 33.8 Å². The number of hydrogen-bond donors (Lipinski definition) is 2. The highest BCUT2D eigenvalue weighted by Gasteiger charge is 2.12. The molecule has 0 saturated carbocycles. The van der Waals surface area contributed by atoms with Crippen LogP contribution in [0.15, 0.2) is 48.0 Å². The van der Waals surface area contributed by atoms with Gasteiger partial charge in [0.25, 0.3) is 5.91 Å². The molecule has 0 saturated heterocycles. The molecule has 0 aliphatic heterocycles. The van der Waals surface area contributed by atoms with Gasteiger partial charge in [-0.15, -0.1) is 11.3 Å². The number of carbonyl (C=O) groups is 1. The molecule has 3 aromatic rings. The van der Waals surface area contributed by atoms with Crippen LogP contribution in [0.4, 0.5) is 5.69 Å². The molecule has 0 bridgehead atoms. The molecule has 0 aliphatic rings. The van der Waals surface area contributed by atoms with Gasteiger partial charge in [-0.1, -0.05) is 19.1 Å². The zero-order valence-corrected chi connectivity index (χ0v) is 12.4. The monoisotopic (exact) mass is 297 g/mol. The second-order valence-electron chi connectivity index (χ2n) is 4.63. The molecule has 5 heteroatoms. The summed E-state index contributed by atoms with van der Waals surface area (Å²) in [6.45, 7) is 2.05. The standard InChI is InChI=1S/C16H15N3OS/c1-2-11-8-10-21-15(11)16(20)18-13-5-3-12(4-6-13)14-7-9-17-19-14/h3-10H,2H2,1H3,(H,17,19)(H,18,20). The van der Waals surface area contributed by atoms with Crippen LogP contribution < -0.4 is 5.32 Å². The zero-order chi connectivity index (χ0) is 14.7. The smallest absolute Gasteiger partial charge is 0.266 e. The molecular formula is C16H15N3OS. The number of hydrogen-bond acceptors (Lipinski definition) is 3. The molecule has 1 aromatic carbocycles. The highest BCUT2D eigenvalue weighted by Crippen LogP contribution is 2.22. The number of carbonyl (C=O) groups excluding carboxylic acids is 1. The molecule has 4 nitrogen and oxygen atoms in total. The van der Waals surface area contributed by atoms with E-state index in [2.05, 4.69) is 22.4 Å². The Morgan fingerprint density at radius 1 is 1.24 bits per heavy atom. The minimum absolute atomic E-state index is 0.0452. The second-order valence-corrected chi connectivity index (χ2v) is 5.55. The van der Waals surface area contributed by atoms with Crippen LogP contribution in [-0.2, 0) is 6.42 Å². The fourth-order valence-corrected chi connectivity index (χ4v) is 3.04. The van der Waals surface area contributed by atoms with Gasteiger partial charge in [-0.05, 0) is 47.2 Å². The molecule has 0 atom stereocenters. The van der Waals surface area contributed by atoms with Crippen molar-refractivity contribution in [1.82, 2.24) is 10.2 Å². The van der Waals surface area contributed by atoms with Gasteiger partial charge in [-0.3, -0.25) is 9.89 Å². The van der Waals surface area contributed by atoms with E-state index in [9.17, 15) is 4.79 Å². The van der Waals surface area contributed by atoms with Crippen LogP contribution in [0.5, 0.6) is 0 Å². The Bertz CT molecular complexity index is 729. The van der Waals surface area contributed by atoms with Crippen molar-refractivity contribution >= 4 is 22.9 Å². The lowest BCUT2D eigenvalue weighted by atomic mass is 10.1. The van der Waals surface area contributed by atoms with Crippen LogP contribution in [0.2, 0.25) is 0 Å². The minimum Gasteiger partial charge on any atom is -0.321 e. The van der Waals surface area contributed by atoms with Crippen molar-refractivity contribution in [3.8, 4) is 11.3 Å². The summed E-state index contributed by atoms with van der Waals surface area (Å²) in [6, 6.07) is 11.6. The molecule has 0 aliphatic carbocycles. The first-order valence-corrected chi connectivity index (χ1v) is 7.63. The number of aromatic amines is 1. The largest absolute Gasteiger partial charge is 0.321 e. The molecule has 106 valence electrons. The van der Waals surface area contributed by atoms with E-state index in [1.54, 1.807) is 6.20 Å². The van der Waals surface area contributed by atoms with Gasteiger partial charge in [-0.2, -0.15) is 5.10 Å². The molecule has 0 spiro atoms. The predicted octanol–water partition coefficient (Wildman–Crippen LogP) is 3.95. The number of aromatic nitrogens is 2. The lowest BCUT2D eigenvalue weighted by molar-refractivity contribution is 0.103. The van der Waals surface area contributed by atoms with Crippen molar-refractivity contribution in [3.63, 3.8) is 0 Å². The van der Waals surface area contributed by atoms with Crippen LogP contribution in [0.3, 0.4) is 0 Å². The molecular weight excluding hydrogens is 282 g/mol. The summed E-state index contributed by atoms with van der Waals surface area (Å²) in [5.41, 5.74) is 3.88. The van der Waals surface area contributed by atoms with E-state index in [-0.39, 0.29) is 5.91 Å². The highest BCUT2D eigenvalue weighted by atomic mass is 32.1. The van der Waals surface area contributed by atoms with Crippen molar-refractivity contribution < 1.29 is 4.79 Å². The third-order valence-electron chi connectivity index (χ3n) is 3.29. The molecule has 0 fully saturated rings. The van der Waals surface area contributed by atoms with Gasteiger partial charge in [0.1, 0.15) is 0 Å². The molecule has 3 rings (SSSR count). The maximum atomic E-state index is 12.3. The summed E-state index contributed by atoms with van der Waals surface area (Å²) < 4.78 is 0. The number of amides is 1. The third kappa shape index (κ3) is 2.87. The number of anilines is 1. The highest BCUT2D eigenvalue weighted by molar-refractivity contribution is 7.12. The summed E-state index contributed by atoms with van der Waals surface area (Å²) in [6.07, 6.45) is 2.58. The van der Waals surface area contributed by atoms with Gasteiger partial charge < -0.3 is 5.32 Å². The average Bonchev–Trinajstić information content (AvgIpc) is 3.19. The predicted molar refractivity (Wildman–Crippen MR) is 85.7 cm³/mol. The van der Waals surface area contributed by atoms with Crippen molar-refractivity contribution in [2.45, 2.75) is 13.3 Å². The first-order chi connectivity index (χ1) is 10.3. The maximum Gasteiger partial charge on any atom is 0.266 e. The second kappa shape index (κ2) is 5.93. The van der Waals surface area contributed by atoms with Crippen molar-refractivity contribution in [1.29, 1.82) is 0 Å². The summed E-state index contributed by atoms with van der Waals surface area (Å²) in [4.78, 5) is 13.0. The zero-order valence-electron chi connectivity index (χ0n) is 11.6. The van der Waals surface area contributed by atoms with Gasteiger partial charge in [0, 0.05) is 11.9 Å². The summed E-state index contributed by atoms with van der Waals surface area (Å²) in [5.74, 6) is -0.0452. The SMILES string of the molecule is CCc1ccsc1C(=O)Nc1ccc(-c2ccn[nH]2)cc1. The van der Waals surface area contributed by atoms with Gasteiger partial charge in [0.15, 0.2) is 0 Å². The van der Waals surface area contributed by atoms with E-state index >= 15 is 0 Å². The number of benzene rings is 1. The topological polar surface area (TPSA) is 57.8 Å². The average molecular weight is 297 g/mol. The van der Waals surface area contributed by atoms with E-state index in [1.807, 2.05) is 41.8 Å². The number of rotatable bonds is 4. The van der Waals surface area contributed by atoms with Gasteiger partial charge >= 0.3 is 0 Å². The van der Waals surface area contributed by atoms with E-state index in [4.69, 9.17) is 0 Å². The fraction of sp³-hybridized carbons (Fsp3) is 0.125. The minimum atomic E-state index is -0.0452. The molecule has 2 N–H and O–H groups in total. The first kappa shape index (κ1) is 13.6. The van der Waals surface area contributed by atoms with E-state index in [0.29, 0.717) is 0 Å². The number of nitrogens with one attached hydrogen (secondary N) is 2. The van der Waals surface area contributed by atoms with Crippen molar-refractivity contribution in [2.24, 2.45) is 0 Å². The van der Waals surface area contributed by atoms with Crippen LogP contribution in [0.25, 0.3) is 11.3 Å². The molecule has 2 aromatic heterocycles. The van der Waals surface area contributed by atoms with Crippen molar-refractivity contribution in [3.05, 3.63) is 58.4 Å². The summed E-state index contributed by atoms with van der Waals surface area (Å²) in [5, 5.41) is 11.7. The molecule has 0 radical (unpaired) electrons. The van der Waals surface area contributed by atoms with Crippen LogP contribution in [0.1, 0.15) is 22.2 Å². The summed E-state index contributed by atoms with van der Waals surface area (Å²) >= 11 is 1.48. The molecule has 2 heterocycles. The Balaban J connectivity index is 1.75.